The predicted octanol–water partition coefficient (Wildman–Crippen LogP) is 1.46. The van der Waals surface area contributed by atoms with Crippen LogP contribution in [0.25, 0.3) is 0 Å². The van der Waals surface area contributed by atoms with Crippen LogP contribution in [-0.4, -0.2) is 18.0 Å². The number of hydrogen-bond acceptors (Lipinski definition) is 2. The fourth-order valence-corrected chi connectivity index (χ4v) is 0.902. The SMILES string of the molecule is Cc1c[n+](O)ccc1OCC(F)(F)F. The van der Waals surface area contributed by atoms with E-state index >= 15 is 0 Å². The van der Waals surface area contributed by atoms with E-state index in [1.165, 1.54) is 18.5 Å². The van der Waals surface area contributed by atoms with Crippen molar-refractivity contribution in [1.82, 2.24) is 0 Å². The van der Waals surface area contributed by atoms with Gasteiger partial charge in [0.05, 0.1) is 5.56 Å². The molecule has 0 spiro atoms. The van der Waals surface area contributed by atoms with E-state index in [2.05, 4.69) is 4.74 Å². The minimum Gasteiger partial charge on any atom is -0.483 e. The molecule has 1 aromatic rings. The molecule has 0 saturated heterocycles. The van der Waals surface area contributed by atoms with Crippen molar-refractivity contribution in [3.63, 3.8) is 0 Å². The number of aryl methyl sites for hydroxylation is 1. The number of ether oxygens (including phenoxy) is 1. The molecule has 78 valence electrons. The minimum atomic E-state index is -4.35. The lowest BCUT2D eigenvalue weighted by Gasteiger charge is -2.09. The normalized spacial score (nSPS) is 11.4. The Morgan fingerprint density at radius 1 is 1.50 bits per heavy atom. The number of hydrogen-bond donors (Lipinski definition) is 1. The molecule has 1 N–H and O–H groups in total. The number of halogens is 3. The van der Waals surface area contributed by atoms with Crippen molar-refractivity contribution in [2.24, 2.45) is 0 Å². The second-order valence-electron chi connectivity index (χ2n) is 2.78. The average molecular weight is 208 g/mol. The van der Waals surface area contributed by atoms with Gasteiger partial charge in [-0.2, -0.15) is 13.2 Å². The van der Waals surface area contributed by atoms with E-state index in [9.17, 15) is 13.2 Å². The monoisotopic (exact) mass is 208 g/mol. The van der Waals surface area contributed by atoms with Gasteiger partial charge in [-0.3, -0.25) is 5.21 Å². The molecule has 0 saturated carbocycles. The molecule has 6 heteroatoms. The highest BCUT2D eigenvalue weighted by Crippen LogP contribution is 2.19. The topological polar surface area (TPSA) is 33.3 Å². The van der Waals surface area contributed by atoms with Crippen molar-refractivity contribution in [2.45, 2.75) is 13.1 Å². The van der Waals surface area contributed by atoms with Gasteiger partial charge in [-0.1, -0.05) is 0 Å². The summed E-state index contributed by atoms with van der Waals surface area (Å²) in [6.45, 7) is 0.210. The molecule has 3 nitrogen and oxygen atoms in total. The van der Waals surface area contributed by atoms with Gasteiger partial charge in [0.15, 0.2) is 6.61 Å². The number of pyridine rings is 1. The van der Waals surface area contributed by atoms with E-state index in [0.717, 1.165) is 4.73 Å². The zero-order chi connectivity index (χ0) is 10.8. The van der Waals surface area contributed by atoms with Gasteiger partial charge in [0.25, 0.3) is 0 Å². The van der Waals surface area contributed by atoms with Crippen LogP contribution in [0.15, 0.2) is 18.5 Å². The minimum absolute atomic E-state index is 0.104. The fraction of sp³-hybridized carbons (Fsp3) is 0.375. The first-order valence-electron chi connectivity index (χ1n) is 3.79. The zero-order valence-electron chi connectivity index (χ0n) is 7.38. The molecule has 0 bridgehead atoms. The third-order valence-corrected chi connectivity index (χ3v) is 1.48. The Bertz CT molecular complexity index is 325. The van der Waals surface area contributed by atoms with Crippen molar-refractivity contribution < 1.29 is 27.8 Å². The lowest BCUT2D eigenvalue weighted by Crippen LogP contribution is -2.29. The number of aromatic nitrogens is 1. The number of nitrogens with zero attached hydrogens (tertiary/aromatic N) is 1. The standard InChI is InChI=1S/C8H9F3NO2/c1-6-4-12(13)3-2-7(6)14-5-8(9,10)11/h2-4,13H,5H2,1H3/q+1. The molecule has 0 aromatic carbocycles. The maximum atomic E-state index is 11.8. The third kappa shape index (κ3) is 3.12. The third-order valence-electron chi connectivity index (χ3n) is 1.48. The first kappa shape index (κ1) is 10.6. The highest BCUT2D eigenvalue weighted by atomic mass is 19.4. The van der Waals surface area contributed by atoms with Crippen molar-refractivity contribution >= 4 is 0 Å². The Morgan fingerprint density at radius 2 is 2.14 bits per heavy atom. The number of rotatable bonds is 2. The summed E-state index contributed by atoms with van der Waals surface area (Å²) in [5.41, 5.74) is 0.430. The summed E-state index contributed by atoms with van der Waals surface area (Å²) in [5, 5.41) is 8.90. The van der Waals surface area contributed by atoms with Crippen LogP contribution in [0, 0.1) is 6.92 Å². The van der Waals surface area contributed by atoms with Crippen molar-refractivity contribution in [3.8, 4) is 5.75 Å². The van der Waals surface area contributed by atoms with E-state index in [-0.39, 0.29) is 5.75 Å². The average Bonchev–Trinajstić information content (AvgIpc) is 2.00. The lowest BCUT2D eigenvalue weighted by atomic mass is 10.3. The van der Waals surface area contributed by atoms with Crippen molar-refractivity contribution in [3.05, 3.63) is 24.0 Å². The summed E-state index contributed by atoms with van der Waals surface area (Å²) in [6, 6.07) is 1.26. The molecule has 0 aliphatic heterocycles. The van der Waals surface area contributed by atoms with Gasteiger partial charge < -0.3 is 4.74 Å². The van der Waals surface area contributed by atoms with Crippen LogP contribution in [0.1, 0.15) is 5.56 Å². The highest BCUT2D eigenvalue weighted by molar-refractivity contribution is 5.26. The summed E-state index contributed by atoms with van der Waals surface area (Å²) in [6.07, 6.45) is -1.90. The Labute approximate surface area is 78.3 Å². The van der Waals surface area contributed by atoms with E-state index < -0.39 is 12.8 Å². The van der Waals surface area contributed by atoms with Crippen LogP contribution >= 0.6 is 0 Å². The predicted molar refractivity (Wildman–Crippen MR) is 40.1 cm³/mol. The largest absolute Gasteiger partial charge is 0.483 e. The molecule has 0 atom stereocenters. The first-order valence-corrected chi connectivity index (χ1v) is 3.79. The Kier molecular flexibility index (Phi) is 2.83. The summed E-state index contributed by atoms with van der Waals surface area (Å²) in [5.74, 6) is 0.104. The van der Waals surface area contributed by atoms with Gasteiger partial charge in [-0.25, -0.2) is 0 Å². The molecule has 0 amide bonds. The molecular weight excluding hydrogens is 199 g/mol. The fourth-order valence-electron chi connectivity index (χ4n) is 0.902. The van der Waals surface area contributed by atoms with Crippen molar-refractivity contribution in [1.29, 1.82) is 0 Å². The van der Waals surface area contributed by atoms with Gasteiger partial charge in [-0.15, -0.1) is 0 Å². The molecule has 14 heavy (non-hydrogen) atoms. The van der Waals surface area contributed by atoms with E-state index in [1.54, 1.807) is 6.92 Å². The molecule has 0 radical (unpaired) electrons. The van der Waals surface area contributed by atoms with E-state index in [4.69, 9.17) is 5.21 Å². The van der Waals surface area contributed by atoms with Gasteiger partial charge in [0, 0.05) is 10.8 Å². The zero-order valence-corrected chi connectivity index (χ0v) is 7.38. The number of alkyl halides is 3. The first-order chi connectivity index (χ1) is 6.38. The second kappa shape index (κ2) is 3.73. The second-order valence-corrected chi connectivity index (χ2v) is 2.78. The van der Waals surface area contributed by atoms with Gasteiger partial charge in [-0.05, 0) is 6.92 Å². The maximum absolute atomic E-state index is 11.8. The summed E-state index contributed by atoms with van der Waals surface area (Å²) < 4.78 is 40.6. The summed E-state index contributed by atoms with van der Waals surface area (Å²) in [4.78, 5) is 0. The summed E-state index contributed by atoms with van der Waals surface area (Å²) >= 11 is 0. The van der Waals surface area contributed by atoms with Crippen LogP contribution in [0.5, 0.6) is 5.75 Å². The lowest BCUT2D eigenvalue weighted by molar-refractivity contribution is -0.905. The van der Waals surface area contributed by atoms with Crippen LogP contribution in [0.3, 0.4) is 0 Å². The molecule has 1 heterocycles. The molecule has 0 aliphatic carbocycles. The smallest absolute Gasteiger partial charge is 0.422 e. The van der Waals surface area contributed by atoms with Crippen LogP contribution in [0.4, 0.5) is 13.2 Å². The van der Waals surface area contributed by atoms with Crippen LogP contribution < -0.4 is 9.47 Å². The van der Waals surface area contributed by atoms with Gasteiger partial charge >= 0.3 is 6.18 Å². The summed E-state index contributed by atoms with van der Waals surface area (Å²) in [7, 11) is 0. The highest BCUT2D eigenvalue weighted by Gasteiger charge is 2.28. The van der Waals surface area contributed by atoms with E-state index in [0.29, 0.717) is 5.56 Å². The maximum Gasteiger partial charge on any atom is 0.422 e. The van der Waals surface area contributed by atoms with Crippen LogP contribution in [0.2, 0.25) is 0 Å². The quantitative estimate of drug-likeness (QED) is 0.589. The Hall–Kier alpha value is -1.46. The van der Waals surface area contributed by atoms with E-state index in [1.807, 2.05) is 0 Å². The Morgan fingerprint density at radius 3 is 2.64 bits per heavy atom. The molecule has 0 aliphatic rings. The molecule has 1 rings (SSSR count). The van der Waals surface area contributed by atoms with Crippen molar-refractivity contribution in [2.75, 3.05) is 6.61 Å². The molecule has 0 unspecified atom stereocenters. The molecule has 1 aromatic heterocycles. The van der Waals surface area contributed by atoms with Gasteiger partial charge in [0.1, 0.15) is 5.75 Å². The molecule has 0 fully saturated rings. The Balaban J connectivity index is 2.68. The van der Waals surface area contributed by atoms with Crippen LogP contribution in [-0.2, 0) is 0 Å². The molecular formula is C8H9F3NO2+. The van der Waals surface area contributed by atoms with Gasteiger partial charge in [0.2, 0.25) is 12.4 Å².